The third-order valence-corrected chi connectivity index (χ3v) is 5.30. The van der Waals surface area contributed by atoms with E-state index in [1.54, 1.807) is 6.07 Å². The van der Waals surface area contributed by atoms with Crippen LogP contribution in [0, 0.1) is 5.92 Å². The first-order valence-corrected chi connectivity index (χ1v) is 8.13. The van der Waals surface area contributed by atoms with Gasteiger partial charge in [-0.1, -0.05) is 30.4 Å². The summed E-state index contributed by atoms with van der Waals surface area (Å²) in [5.41, 5.74) is 4.85. The Hall–Kier alpha value is -2.68. The van der Waals surface area contributed by atoms with Crippen molar-refractivity contribution in [2.24, 2.45) is 5.92 Å². The molecule has 1 aliphatic carbocycles. The molecule has 1 aliphatic heterocycles. The zero-order valence-corrected chi connectivity index (χ0v) is 12.7. The predicted molar refractivity (Wildman–Crippen MR) is 92.8 cm³/mol. The third kappa shape index (κ3) is 1.83. The van der Waals surface area contributed by atoms with E-state index in [-0.39, 0.29) is 6.04 Å². The van der Waals surface area contributed by atoms with Crippen molar-refractivity contribution in [2.45, 2.75) is 18.4 Å². The van der Waals surface area contributed by atoms with Gasteiger partial charge in [-0.15, -0.1) is 0 Å². The van der Waals surface area contributed by atoms with E-state index >= 15 is 0 Å². The Bertz CT molecular complexity index is 924. The molecule has 1 aromatic heterocycles. The molecule has 5 rings (SSSR count). The fraction of sp³-hybridized carbons (Fsp3) is 0.200. The summed E-state index contributed by atoms with van der Waals surface area (Å²) in [4.78, 5) is 3.40. The van der Waals surface area contributed by atoms with Gasteiger partial charge in [-0.2, -0.15) is 0 Å². The molecule has 2 heterocycles. The van der Waals surface area contributed by atoms with Gasteiger partial charge >= 0.3 is 0 Å². The SMILES string of the molecule is Oc1ccc2c(c1)C1C=CCC1C(c1c[nH]c3ccccc13)N2. The summed E-state index contributed by atoms with van der Waals surface area (Å²) >= 11 is 0. The zero-order valence-electron chi connectivity index (χ0n) is 12.7. The van der Waals surface area contributed by atoms with Crippen molar-refractivity contribution in [3.05, 3.63) is 71.9 Å². The number of phenols is 1. The lowest BCUT2D eigenvalue weighted by Crippen LogP contribution is -2.28. The quantitative estimate of drug-likeness (QED) is 0.451. The molecule has 0 radical (unpaired) electrons. The molecule has 2 aliphatic rings. The molecular formula is C20H18N2O. The summed E-state index contributed by atoms with van der Waals surface area (Å²) in [6.07, 6.45) is 7.78. The number of hydrogen-bond acceptors (Lipinski definition) is 2. The van der Waals surface area contributed by atoms with E-state index in [0.29, 0.717) is 17.6 Å². The number of phenolic OH excluding ortho intramolecular Hbond substituents is 1. The van der Waals surface area contributed by atoms with Crippen LogP contribution in [-0.2, 0) is 0 Å². The van der Waals surface area contributed by atoms with E-state index in [0.717, 1.165) is 12.1 Å². The van der Waals surface area contributed by atoms with Crippen molar-refractivity contribution in [1.82, 2.24) is 4.98 Å². The standard InChI is InChI=1S/C20H18N2O/c23-12-8-9-19-16(10-12)13-5-3-6-15(13)20(22-19)17-11-21-18-7-2-1-4-14(17)18/h1-5,7-11,13,15,20-23H,6H2. The van der Waals surface area contributed by atoms with Crippen LogP contribution in [0.3, 0.4) is 0 Å². The van der Waals surface area contributed by atoms with Crippen LogP contribution in [-0.4, -0.2) is 10.1 Å². The van der Waals surface area contributed by atoms with Gasteiger partial charge in [0, 0.05) is 28.7 Å². The van der Waals surface area contributed by atoms with Crippen molar-refractivity contribution < 1.29 is 5.11 Å². The second-order valence-electron chi connectivity index (χ2n) is 6.54. The Labute approximate surface area is 134 Å². The number of H-pyrrole nitrogens is 1. The molecule has 0 spiro atoms. The van der Waals surface area contributed by atoms with Gasteiger partial charge < -0.3 is 15.4 Å². The minimum atomic E-state index is 0.281. The lowest BCUT2D eigenvalue weighted by molar-refractivity contribution is 0.423. The van der Waals surface area contributed by atoms with Crippen molar-refractivity contribution in [1.29, 1.82) is 0 Å². The molecule has 114 valence electrons. The highest BCUT2D eigenvalue weighted by Gasteiger charge is 2.38. The van der Waals surface area contributed by atoms with Gasteiger partial charge in [-0.3, -0.25) is 0 Å². The first-order chi connectivity index (χ1) is 11.3. The maximum atomic E-state index is 9.84. The van der Waals surface area contributed by atoms with Crippen molar-refractivity contribution >= 4 is 16.6 Å². The van der Waals surface area contributed by atoms with Crippen LogP contribution in [0.4, 0.5) is 5.69 Å². The van der Waals surface area contributed by atoms with E-state index in [2.05, 4.69) is 52.9 Å². The van der Waals surface area contributed by atoms with Gasteiger partial charge in [0.25, 0.3) is 0 Å². The minimum Gasteiger partial charge on any atom is -0.508 e. The number of aromatic nitrogens is 1. The number of allylic oxidation sites excluding steroid dienone is 2. The number of aromatic hydroxyl groups is 1. The molecule has 3 nitrogen and oxygen atoms in total. The van der Waals surface area contributed by atoms with Crippen molar-refractivity contribution in [3.8, 4) is 5.75 Å². The van der Waals surface area contributed by atoms with Crippen LogP contribution in [0.25, 0.3) is 10.9 Å². The molecule has 3 heteroatoms. The number of rotatable bonds is 1. The number of aromatic amines is 1. The lowest BCUT2D eigenvalue weighted by atomic mass is 9.77. The van der Waals surface area contributed by atoms with E-state index in [9.17, 15) is 5.11 Å². The Kier molecular flexibility index (Phi) is 2.60. The van der Waals surface area contributed by atoms with Crippen LogP contribution < -0.4 is 5.32 Å². The summed E-state index contributed by atoms with van der Waals surface area (Å²) in [7, 11) is 0. The molecule has 2 aromatic carbocycles. The summed E-state index contributed by atoms with van der Waals surface area (Å²) in [5.74, 6) is 1.20. The molecular weight excluding hydrogens is 284 g/mol. The molecule has 0 amide bonds. The highest BCUT2D eigenvalue weighted by molar-refractivity contribution is 5.84. The van der Waals surface area contributed by atoms with Gasteiger partial charge in [0.1, 0.15) is 5.75 Å². The average Bonchev–Trinajstić information content (AvgIpc) is 3.21. The fourth-order valence-corrected chi connectivity index (χ4v) is 4.24. The van der Waals surface area contributed by atoms with Crippen LogP contribution >= 0.6 is 0 Å². The van der Waals surface area contributed by atoms with Gasteiger partial charge in [0.05, 0.1) is 6.04 Å². The van der Waals surface area contributed by atoms with Gasteiger partial charge in [0.15, 0.2) is 0 Å². The Morgan fingerprint density at radius 2 is 1.96 bits per heavy atom. The number of nitrogens with one attached hydrogen (secondary N) is 2. The summed E-state index contributed by atoms with van der Waals surface area (Å²) in [5, 5.41) is 14.9. The van der Waals surface area contributed by atoms with Crippen LogP contribution in [0.2, 0.25) is 0 Å². The highest BCUT2D eigenvalue weighted by Crippen LogP contribution is 2.51. The topological polar surface area (TPSA) is 48.0 Å². The van der Waals surface area contributed by atoms with E-state index in [1.807, 2.05) is 12.1 Å². The molecule has 3 atom stereocenters. The van der Waals surface area contributed by atoms with E-state index in [4.69, 9.17) is 0 Å². The number of hydrogen-bond donors (Lipinski definition) is 3. The molecule has 23 heavy (non-hydrogen) atoms. The number of para-hydroxylation sites is 1. The van der Waals surface area contributed by atoms with Crippen molar-refractivity contribution in [3.63, 3.8) is 0 Å². The van der Waals surface area contributed by atoms with E-state index in [1.165, 1.54) is 22.0 Å². The fourth-order valence-electron chi connectivity index (χ4n) is 4.24. The monoisotopic (exact) mass is 302 g/mol. The minimum absolute atomic E-state index is 0.281. The largest absolute Gasteiger partial charge is 0.508 e. The highest BCUT2D eigenvalue weighted by atomic mass is 16.3. The van der Waals surface area contributed by atoms with Gasteiger partial charge in [-0.25, -0.2) is 0 Å². The lowest BCUT2D eigenvalue weighted by Gasteiger charge is -2.37. The van der Waals surface area contributed by atoms with E-state index < -0.39 is 0 Å². The van der Waals surface area contributed by atoms with Crippen LogP contribution in [0.15, 0.2) is 60.8 Å². The molecule has 0 fully saturated rings. The summed E-state index contributed by atoms with van der Waals surface area (Å²) in [6.45, 7) is 0. The average molecular weight is 302 g/mol. The summed E-state index contributed by atoms with van der Waals surface area (Å²) < 4.78 is 0. The Balaban J connectivity index is 1.66. The first-order valence-electron chi connectivity index (χ1n) is 8.13. The normalized spacial score (nSPS) is 25.1. The Morgan fingerprint density at radius 1 is 1.04 bits per heavy atom. The number of fused-ring (bicyclic) bond motifs is 4. The Morgan fingerprint density at radius 3 is 2.91 bits per heavy atom. The third-order valence-electron chi connectivity index (χ3n) is 5.30. The van der Waals surface area contributed by atoms with Gasteiger partial charge in [0.2, 0.25) is 0 Å². The number of benzene rings is 2. The molecule has 0 bridgehead atoms. The molecule has 0 saturated heterocycles. The second kappa shape index (κ2) is 4.66. The second-order valence-corrected chi connectivity index (χ2v) is 6.54. The van der Waals surface area contributed by atoms with Crippen molar-refractivity contribution in [2.75, 3.05) is 5.32 Å². The smallest absolute Gasteiger partial charge is 0.116 e. The maximum absolute atomic E-state index is 9.84. The first kappa shape index (κ1) is 12.8. The molecule has 0 saturated carbocycles. The molecule has 3 N–H and O–H groups in total. The van der Waals surface area contributed by atoms with Crippen LogP contribution in [0.5, 0.6) is 5.75 Å². The maximum Gasteiger partial charge on any atom is 0.116 e. The molecule has 3 aromatic rings. The molecule has 3 unspecified atom stereocenters. The zero-order chi connectivity index (χ0) is 15.4. The number of anilines is 1. The predicted octanol–water partition coefficient (Wildman–Crippen LogP) is 4.70. The van der Waals surface area contributed by atoms with Gasteiger partial charge in [-0.05, 0) is 47.7 Å². The summed E-state index contributed by atoms with van der Waals surface area (Å²) in [6, 6.07) is 14.4. The van der Waals surface area contributed by atoms with Crippen LogP contribution in [0.1, 0.15) is 29.5 Å².